The molecule has 3 aromatic heterocycles. The molecular weight excluding hydrogens is 264 g/mol. The third-order valence-electron chi connectivity index (χ3n) is 2.61. The number of nitrogens with two attached hydrogens (primary N) is 1. The van der Waals surface area contributed by atoms with Gasteiger partial charge in [-0.25, -0.2) is 0 Å². The van der Waals surface area contributed by atoms with Crippen molar-refractivity contribution in [3.8, 4) is 0 Å². The summed E-state index contributed by atoms with van der Waals surface area (Å²) >= 11 is 1.33. The Morgan fingerprint density at radius 1 is 1.47 bits per heavy atom. The Balaban J connectivity index is 1.83. The standard InChI is InChI=1S/C12H10N4O2S/c13-9-10-8(2-1-4-14-10)19-11(9)12(17)15-6-7-3-5-18-16-7/h1-5H,6,13H2,(H,15,17). The Bertz CT molecular complexity index is 720. The van der Waals surface area contributed by atoms with Gasteiger partial charge in [0.05, 0.1) is 16.9 Å². The van der Waals surface area contributed by atoms with Crippen LogP contribution in [0.4, 0.5) is 5.69 Å². The molecule has 1 amide bonds. The van der Waals surface area contributed by atoms with Gasteiger partial charge in [0, 0.05) is 12.3 Å². The summed E-state index contributed by atoms with van der Waals surface area (Å²) in [6, 6.07) is 5.39. The van der Waals surface area contributed by atoms with Crippen molar-refractivity contribution in [2.24, 2.45) is 0 Å². The number of nitrogens with one attached hydrogen (secondary N) is 1. The Morgan fingerprint density at radius 3 is 3.11 bits per heavy atom. The van der Waals surface area contributed by atoms with E-state index in [0.29, 0.717) is 28.3 Å². The van der Waals surface area contributed by atoms with Crippen LogP contribution in [0.3, 0.4) is 0 Å². The normalized spacial score (nSPS) is 10.7. The lowest BCUT2D eigenvalue weighted by molar-refractivity contribution is 0.0955. The van der Waals surface area contributed by atoms with E-state index in [1.807, 2.05) is 12.1 Å². The maximum Gasteiger partial charge on any atom is 0.263 e. The molecule has 96 valence electrons. The van der Waals surface area contributed by atoms with Gasteiger partial charge in [0.2, 0.25) is 0 Å². The van der Waals surface area contributed by atoms with Gasteiger partial charge >= 0.3 is 0 Å². The molecule has 3 rings (SSSR count). The molecule has 6 nitrogen and oxygen atoms in total. The zero-order chi connectivity index (χ0) is 13.2. The highest BCUT2D eigenvalue weighted by molar-refractivity contribution is 7.21. The summed E-state index contributed by atoms with van der Waals surface area (Å²) in [6.07, 6.45) is 3.11. The molecule has 0 aromatic carbocycles. The molecule has 3 aromatic rings. The molecule has 19 heavy (non-hydrogen) atoms. The van der Waals surface area contributed by atoms with Gasteiger partial charge < -0.3 is 15.6 Å². The minimum atomic E-state index is -0.233. The van der Waals surface area contributed by atoms with E-state index >= 15 is 0 Å². The third-order valence-corrected chi connectivity index (χ3v) is 3.77. The van der Waals surface area contributed by atoms with Crippen LogP contribution in [-0.2, 0) is 6.54 Å². The molecule has 0 radical (unpaired) electrons. The van der Waals surface area contributed by atoms with Crippen molar-refractivity contribution in [3.63, 3.8) is 0 Å². The second kappa shape index (κ2) is 4.69. The number of nitrogens with zero attached hydrogens (tertiary/aromatic N) is 2. The first-order chi connectivity index (χ1) is 9.25. The van der Waals surface area contributed by atoms with Crippen molar-refractivity contribution < 1.29 is 9.32 Å². The molecule has 0 aliphatic rings. The average Bonchev–Trinajstić information content (AvgIpc) is 3.05. The summed E-state index contributed by atoms with van der Waals surface area (Å²) in [5.41, 5.74) is 7.68. The largest absolute Gasteiger partial charge is 0.396 e. The van der Waals surface area contributed by atoms with Gasteiger partial charge in [-0.05, 0) is 12.1 Å². The fraction of sp³-hybridized carbons (Fsp3) is 0.0833. The van der Waals surface area contributed by atoms with Crippen LogP contribution in [0.5, 0.6) is 0 Å². The van der Waals surface area contributed by atoms with Crippen molar-refractivity contribution in [3.05, 3.63) is 41.2 Å². The number of pyridine rings is 1. The average molecular weight is 274 g/mol. The van der Waals surface area contributed by atoms with Crippen molar-refractivity contribution in [2.45, 2.75) is 6.54 Å². The first-order valence-electron chi connectivity index (χ1n) is 5.56. The molecule has 0 aliphatic carbocycles. The molecule has 0 fully saturated rings. The van der Waals surface area contributed by atoms with Crippen LogP contribution >= 0.6 is 11.3 Å². The smallest absolute Gasteiger partial charge is 0.263 e. The van der Waals surface area contributed by atoms with E-state index in [4.69, 9.17) is 10.3 Å². The molecular formula is C12H10N4O2S. The molecule has 3 N–H and O–H groups in total. The molecule has 0 atom stereocenters. The molecule has 3 heterocycles. The predicted octanol–water partition coefficient (Wildman–Crippen LogP) is 1.80. The topological polar surface area (TPSA) is 94.0 Å². The number of carbonyl (C=O) groups is 1. The summed E-state index contributed by atoms with van der Waals surface area (Å²) in [4.78, 5) is 16.7. The zero-order valence-electron chi connectivity index (χ0n) is 9.79. The van der Waals surface area contributed by atoms with E-state index in [1.165, 1.54) is 17.6 Å². The molecule has 0 bridgehead atoms. The molecule has 0 saturated carbocycles. The Labute approximate surface area is 112 Å². The second-order valence-electron chi connectivity index (χ2n) is 3.87. The number of carbonyl (C=O) groups excluding carboxylic acids is 1. The van der Waals surface area contributed by atoms with Gasteiger partial charge in [0.1, 0.15) is 22.4 Å². The SMILES string of the molecule is Nc1c(C(=O)NCc2ccon2)sc2cccnc12. The Hall–Kier alpha value is -2.41. The number of nitrogen functional groups attached to an aromatic ring is 1. The lowest BCUT2D eigenvalue weighted by Gasteiger charge is -2.01. The number of anilines is 1. The summed E-state index contributed by atoms with van der Waals surface area (Å²) in [6.45, 7) is 0.302. The Kier molecular flexibility index (Phi) is 2.88. The third kappa shape index (κ3) is 2.15. The number of fused-ring (bicyclic) bond motifs is 1. The van der Waals surface area contributed by atoms with E-state index in [0.717, 1.165) is 4.70 Å². The maximum atomic E-state index is 12.1. The highest BCUT2D eigenvalue weighted by atomic mass is 32.1. The molecule has 0 unspecified atom stereocenters. The summed E-state index contributed by atoms with van der Waals surface area (Å²) in [7, 11) is 0. The van der Waals surface area contributed by atoms with Crippen LogP contribution in [0.2, 0.25) is 0 Å². The van der Waals surface area contributed by atoms with Crippen LogP contribution in [-0.4, -0.2) is 16.0 Å². The number of thiophene rings is 1. The lowest BCUT2D eigenvalue weighted by atomic mass is 10.3. The van der Waals surface area contributed by atoms with Gasteiger partial charge in [-0.1, -0.05) is 5.16 Å². The van der Waals surface area contributed by atoms with E-state index in [1.54, 1.807) is 12.3 Å². The molecule has 0 saturated heterocycles. The van der Waals surface area contributed by atoms with E-state index < -0.39 is 0 Å². The fourth-order valence-electron chi connectivity index (χ4n) is 1.70. The molecule has 7 heteroatoms. The zero-order valence-corrected chi connectivity index (χ0v) is 10.6. The van der Waals surface area contributed by atoms with Crippen molar-refractivity contribution in [2.75, 3.05) is 5.73 Å². The highest BCUT2D eigenvalue weighted by Crippen LogP contribution is 2.31. The van der Waals surface area contributed by atoms with E-state index in [2.05, 4.69) is 15.5 Å². The summed E-state index contributed by atoms with van der Waals surface area (Å²) in [5, 5.41) is 6.46. The van der Waals surface area contributed by atoms with Crippen molar-refractivity contribution in [1.82, 2.24) is 15.5 Å². The van der Waals surface area contributed by atoms with Crippen LogP contribution in [0, 0.1) is 0 Å². The van der Waals surface area contributed by atoms with Crippen LogP contribution < -0.4 is 11.1 Å². The van der Waals surface area contributed by atoms with Crippen molar-refractivity contribution in [1.29, 1.82) is 0 Å². The molecule has 0 aliphatic heterocycles. The van der Waals surface area contributed by atoms with Crippen LogP contribution in [0.1, 0.15) is 15.4 Å². The van der Waals surface area contributed by atoms with Gasteiger partial charge in [-0.15, -0.1) is 11.3 Å². The first-order valence-corrected chi connectivity index (χ1v) is 6.38. The number of hydrogen-bond acceptors (Lipinski definition) is 6. The van der Waals surface area contributed by atoms with Gasteiger partial charge in [-0.2, -0.15) is 0 Å². The van der Waals surface area contributed by atoms with Gasteiger partial charge in [0.25, 0.3) is 5.91 Å². The Morgan fingerprint density at radius 2 is 2.37 bits per heavy atom. The minimum Gasteiger partial charge on any atom is -0.396 e. The highest BCUT2D eigenvalue weighted by Gasteiger charge is 2.16. The summed E-state index contributed by atoms with van der Waals surface area (Å²) in [5.74, 6) is -0.233. The maximum absolute atomic E-state index is 12.1. The number of aromatic nitrogens is 2. The minimum absolute atomic E-state index is 0.233. The second-order valence-corrected chi connectivity index (χ2v) is 4.92. The van der Waals surface area contributed by atoms with E-state index in [9.17, 15) is 4.79 Å². The van der Waals surface area contributed by atoms with E-state index in [-0.39, 0.29) is 5.91 Å². The first kappa shape index (κ1) is 11.7. The fourth-order valence-corrected chi connectivity index (χ4v) is 2.69. The number of amides is 1. The van der Waals surface area contributed by atoms with Gasteiger partial charge in [-0.3, -0.25) is 9.78 Å². The monoisotopic (exact) mass is 274 g/mol. The number of rotatable bonds is 3. The predicted molar refractivity (Wildman–Crippen MR) is 71.7 cm³/mol. The van der Waals surface area contributed by atoms with Crippen LogP contribution in [0.15, 0.2) is 35.2 Å². The lowest BCUT2D eigenvalue weighted by Crippen LogP contribution is -2.22. The molecule has 0 spiro atoms. The van der Waals surface area contributed by atoms with Crippen molar-refractivity contribution >= 4 is 33.1 Å². The van der Waals surface area contributed by atoms with Gasteiger partial charge in [0.15, 0.2) is 0 Å². The number of hydrogen-bond donors (Lipinski definition) is 2. The quantitative estimate of drug-likeness (QED) is 0.759. The van der Waals surface area contributed by atoms with Crippen LogP contribution in [0.25, 0.3) is 10.2 Å². The summed E-state index contributed by atoms with van der Waals surface area (Å²) < 4.78 is 5.59.